The van der Waals surface area contributed by atoms with Gasteiger partial charge in [0.05, 0.1) is 11.0 Å². The summed E-state index contributed by atoms with van der Waals surface area (Å²) in [5.41, 5.74) is -2.21. The average Bonchev–Trinajstić information content (AvgIpc) is 2.61. The van der Waals surface area contributed by atoms with Crippen LogP contribution >= 0.6 is 0 Å². The van der Waals surface area contributed by atoms with Gasteiger partial charge in [0.15, 0.2) is 0 Å². The Morgan fingerprint density at radius 2 is 1.89 bits per heavy atom. The molecule has 2 unspecified atom stereocenters. The second kappa shape index (κ2) is 7.95. The van der Waals surface area contributed by atoms with Gasteiger partial charge in [-0.05, 0) is 19.1 Å². The standard InChI is InChI=1S/C18H26N2O6S/c1-4-26-14-12-18(16(22)23,17(14,2)3)20-15(21)10-11-19-27(24,25)13-8-6-5-7-9-13/h5-9,14,19H,4,10-12H2,1-3H3,(H,20,21)(H,22,23). The maximum Gasteiger partial charge on any atom is 0.330 e. The molecule has 0 aliphatic heterocycles. The van der Waals surface area contributed by atoms with Crippen LogP contribution in [0.3, 0.4) is 0 Å². The van der Waals surface area contributed by atoms with Crippen LogP contribution in [0.2, 0.25) is 0 Å². The second-order valence-electron chi connectivity index (χ2n) is 7.09. The van der Waals surface area contributed by atoms with Gasteiger partial charge in [-0.15, -0.1) is 0 Å². The molecule has 0 saturated heterocycles. The molecule has 8 nitrogen and oxygen atoms in total. The Kier molecular flexibility index (Phi) is 6.28. The Morgan fingerprint density at radius 3 is 2.41 bits per heavy atom. The van der Waals surface area contributed by atoms with Gasteiger partial charge in [0.2, 0.25) is 15.9 Å². The lowest BCUT2D eigenvalue weighted by Crippen LogP contribution is -2.76. The van der Waals surface area contributed by atoms with E-state index in [0.717, 1.165) is 0 Å². The molecule has 1 aliphatic rings. The lowest BCUT2D eigenvalue weighted by atomic mass is 9.54. The highest BCUT2D eigenvalue weighted by atomic mass is 32.2. The Balaban J connectivity index is 1.95. The summed E-state index contributed by atoms with van der Waals surface area (Å²) in [6.45, 7) is 5.63. The molecule has 0 heterocycles. The van der Waals surface area contributed by atoms with Crippen molar-refractivity contribution < 1.29 is 27.9 Å². The summed E-state index contributed by atoms with van der Waals surface area (Å²) in [7, 11) is -3.71. The number of carbonyl (C=O) groups is 2. The van der Waals surface area contributed by atoms with Gasteiger partial charge in [-0.2, -0.15) is 0 Å². The Labute approximate surface area is 159 Å². The summed E-state index contributed by atoms with van der Waals surface area (Å²) < 4.78 is 32.2. The Bertz CT molecular complexity index is 793. The quantitative estimate of drug-likeness (QED) is 0.573. The number of carboxylic acids is 1. The first kappa shape index (κ1) is 21.3. The largest absolute Gasteiger partial charge is 0.479 e. The number of carboxylic acid groups (broad SMARTS) is 1. The number of carbonyl (C=O) groups excluding carboxylic acids is 1. The van der Waals surface area contributed by atoms with E-state index >= 15 is 0 Å². The number of aliphatic carboxylic acids is 1. The van der Waals surface area contributed by atoms with Gasteiger partial charge in [-0.1, -0.05) is 32.0 Å². The molecule has 0 bridgehead atoms. The average molecular weight is 398 g/mol. The molecule has 3 N–H and O–H groups in total. The van der Waals surface area contributed by atoms with Crippen LogP contribution in [0.4, 0.5) is 0 Å². The molecule has 1 aliphatic carbocycles. The van der Waals surface area contributed by atoms with Crippen LogP contribution < -0.4 is 10.0 Å². The minimum Gasteiger partial charge on any atom is -0.479 e. The highest BCUT2D eigenvalue weighted by Crippen LogP contribution is 2.51. The zero-order valence-electron chi connectivity index (χ0n) is 15.7. The van der Waals surface area contributed by atoms with Gasteiger partial charge in [0.1, 0.15) is 5.54 Å². The number of hydrogen-bond donors (Lipinski definition) is 3. The fraction of sp³-hybridized carbons (Fsp3) is 0.556. The molecule has 27 heavy (non-hydrogen) atoms. The molecule has 2 rings (SSSR count). The second-order valence-corrected chi connectivity index (χ2v) is 8.86. The maximum absolute atomic E-state index is 12.3. The summed E-state index contributed by atoms with van der Waals surface area (Å²) in [5, 5.41) is 12.3. The van der Waals surface area contributed by atoms with Crippen LogP contribution in [0.25, 0.3) is 0 Å². The molecule has 1 aromatic carbocycles. The number of sulfonamides is 1. The van der Waals surface area contributed by atoms with Crippen molar-refractivity contribution in [3.8, 4) is 0 Å². The van der Waals surface area contributed by atoms with Crippen LogP contribution in [0.15, 0.2) is 35.2 Å². The number of benzene rings is 1. The topological polar surface area (TPSA) is 122 Å². The number of hydrogen-bond acceptors (Lipinski definition) is 5. The maximum atomic E-state index is 12.3. The zero-order chi connectivity index (χ0) is 20.3. The van der Waals surface area contributed by atoms with Crippen LogP contribution in [0.5, 0.6) is 0 Å². The molecule has 0 aromatic heterocycles. The summed E-state index contributed by atoms with van der Waals surface area (Å²) in [4.78, 5) is 24.2. The molecule has 0 radical (unpaired) electrons. The van der Waals surface area contributed by atoms with E-state index in [1.807, 2.05) is 6.92 Å². The fourth-order valence-corrected chi connectivity index (χ4v) is 4.37. The first-order chi connectivity index (χ1) is 12.6. The molecular weight excluding hydrogens is 372 g/mol. The minimum atomic E-state index is -3.71. The first-order valence-electron chi connectivity index (χ1n) is 8.77. The van der Waals surface area contributed by atoms with Crippen LogP contribution in [0.1, 0.15) is 33.6 Å². The van der Waals surface area contributed by atoms with E-state index in [1.165, 1.54) is 12.1 Å². The summed E-state index contributed by atoms with van der Waals surface area (Å²) >= 11 is 0. The van der Waals surface area contributed by atoms with E-state index < -0.39 is 32.9 Å². The van der Waals surface area contributed by atoms with Crippen LogP contribution in [0, 0.1) is 5.41 Å². The summed E-state index contributed by atoms with van der Waals surface area (Å²) in [6.07, 6.45) is -0.267. The third kappa shape index (κ3) is 4.15. The van der Waals surface area contributed by atoms with E-state index in [4.69, 9.17) is 4.74 Å². The van der Waals surface area contributed by atoms with E-state index in [1.54, 1.807) is 32.0 Å². The monoisotopic (exact) mass is 398 g/mol. The van der Waals surface area contributed by atoms with Gasteiger partial charge >= 0.3 is 5.97 Å². The van der Waals surface area contributed by atoms with Gasteiger partial charge in [-0.3, -0.25) is 4.79 Å². The van der Waals surface area contributed by atoms with E-state index in [9.17, 15) is 23.1 Å². The third-order valence-corrected chi connectivity index (χ3v) is 6.66. The van der Waals surface area contributed by atoms with Crippen molar-refractivity contribution in [3.63, 3.8) is 0 Å². The molecule has 2 atom stereocenters. The highest BCUT2D eigenvalue weighted by Gasteiger charge is 2.66. The van der Waals surface area contributed by atoms with Crippen molar-refractivity contribution in [3.05, 3.63) is 30.3 Å². The predicted molar refractivity (Wildman–Crippen MR) is 98.6 cm³/mol. The molecule has 1 aromatic rings. The zero-order valence-corrected chi connectivity index (χ0v) is 16.5. The predicted octanol–water partition coefficient (Wildman–Crippen LogP) is 1.13. The van der Waals surface area contributed by atoms with Gasteiger partial charge in [0, 0.05) is 31.4 Å². The van der Waals surface area contributed by atoms with Crippen molar-refractivity contribution in [2.75, 3.05) is 13.2 Å². The smallest absolute Gasteiger partial charge is 0.330 e. The molecule has 1 fully saturated rings. The number of nitrogens with one attached hydrogen (secondary N) is 2. The molecule has 1 amide bonds. The Morgan fingerprint density at radius 1 is 1.26 bits per heavy atom. The number of amides is 1. The van der Waals surface area contributed by atoms with E-state index in [-0.39, 0.29) is 30.4 Å². The third-order valence-electron chi connectivity index (χ3n) is 5.18. The van der Waals surface area contributed by atoms with Crippen molar-refractivity contribution >= 4 is 21.9 Å². The van der Waals surface area contributed by atoms with Gasteiger partial charge < -0.3 is 15.2 Å². The van der Waals surface area contributed by atoms with Crippen LogP contribution in [-0.4, -0.2) is 50.2 Å². The SMILES string of the molecule is CCOC1CC(NC(=O)CCNS(=O)(=O)c2ccccc2)(C(=O)O)C1(C)C. The number of rotatable bonds is 9. The molecule has 150 valence electrons. The lowest BCUT2D eigenvalue weighted by molar-refractivity contribution is -0.194. The summed E-state index contributed by atoms with van der Waals surface area (Å²) in [5.74, 6) is -1.65. The fourth-order valence-electron chi connectivity index (χ4n) is 3.32. The molecule has 0 spiro atoms. The molecule has 9 heteroatoms. The van der Waals surface area contributed by atoms with Gasteiger partial charge in [-0.25, -0.2) is 17.9 Å². The van der Waals surface area contributed by atoms with Crippen molar-refractivity contribution in [1.82, 2.24) is 10.0 Å². The molecular formula is C18H26N2O6S. The van der Waals surface area contributed by atoms with E-state index in [0.29, 0.717) is 6.61 Å². The lowest BCUT2D eigenvalue weighted by Gasteiger charge is -2.58. The normalized spacial score (nSPS) is 24.0. The van der Waals surface area contributed by atoms with Crippen molar-refractivity contribution in [1.29, 1.82) is 0 Å². The Hall–Kier alpha value is -1.97. The minimum absolute atomic E-state index is 0.104. The van der Waals surface area contributed by atoms with Crippen LogP contribution in [-0.2, 0) is 24.3 Å². The summed E-state index contributed by atoms with van der Waals surface area (Å²) in [6, 6.07) is 7.81. The highest BCUT2D eigenvalue weighted by molar-refractivity contribution is 7.89. The van der Waals surface area contributed by atoms with Crippen molar-refractivity contribution in [2.45, 2.75) is 50.2 Å². The van der Waals surface area contributed by atoms with Crippen molar-refractivity contribution in [2.24, 2.45) is 5.41 Å². The molecule has 1 saturated carbocycles. The van der Waals surface area contributed by atoms with Gasteiger partial charge in [0.25, 0.3) is 0 Å². The van der Waals surface area contributed by atoms with E-state index in [2.05, 4.69) is 10.0 Å². The number of ether oxygens (including phenoxy) is 1. The first-order valence-corrected chi connectivity index (χ1v) is 10.3.